The van der Waals surface area contributed by atoms with Crippen molar-refractivity contribution < 1.29 is 0 Å². The highest BCUT2D eigenvalue weighted by Crippen LogP contribution is 2.36. The van der Waals surface area contributed by atoms with Crippen LogP contribution in [0.25, 0.3) is 127 Å². The molecule has 0 amide bonds. The molecule has 74 heavy (non-hydrogen) atoms. The van der Waals surface area contributed by atoms with Gasteiger partial charge >= 0.3 is 0 Å². The maximum atomic E-state index is 4.66. The fraction of sp³-hybridized carbons (Fsp3) is 0.0154. The second kappa shape index (κ2) is 18.3. The number of aromatic amines is 1. The van der Waals surface area contributed by atoms with E-state index in [9.17, 15) is 0 Å². The summed E-state index contributed by atoms with van der Waals surface area (Å²) in [5, 5.41) is 30.5. The van der Waals surface area contributed by atoms with Crippen LogP contribution in [0.3, 0.4) is 0 Å². The highest BCUT2D eigenvalue weighted by atomic mass is 79.9. The molecular formula is C65H45BrN8. The van der Waals surface area contributed by atoms with Gasteiger partial charge in [0.1, 0.15) is 0 Å². The zero-order chi connectivity index (χ0) is 48.4. The Balaban J connectivity index is 0.000000119. The van der Waals surface area contributed by atoms with E-state index in [1.54, 1.807) is 0 Å². The summed E-state index contributed by atoms with van der Waals surface area (Å²) in [5.74, 6) is 1.71. The lowest BCUT2D eigenvalue weighted by Crippen LogP contribution is -1.96. The molecule has 0 radical (unpaired) electrons. The maximum absolute atomic E-state index is 4.66. The SMILES string of the molecule is Brc1ccc(-c2nnc3c4ccccc4c4ccccc4n23)cc1.C.c1ccc2c(c1)[nH]c1ccccc12.c1ccc2c(c1)c1ccccc1n1c(-c3ccc(-n4c5ccccc5c5ccccc54)cc3)nnc21. The smallest absolute Gasteiger partial charge is 0.169 e. The molecule has 0 aliphatic heterocycles. The molecule has 0 fully saturated rings. The number of hydrogen-bond acceptors (Lipinski definition) is 4. The minimum atomic E-state index is 0. The van der Waals surface area contributed by atoms with Gasteiger partial charge in [0.05, 0.1) is 22.1 Å². The molecule has 0 aliphatic carbocycles. The van der Waals surface area contributed by atoms with Gasteiger partial charge in [0.25, 0.3) is 0 Å². The number of halogens is 1. The van der Waals surface area contributed by atoms with Crippen molar-refractivity contribution >= 4 is 114 Å². The average Bonchev–Trinajstić information content (AvgIpc) is 4.27. The van der Waals surface area contributed by atoms with Gasteiger partial charge in [-0.3, -0.25) is 8.80 Å². The van der Waals surface area contributed by atoms with Crippen LogP contribution in [0.2, 0.25) is 0 Å². The Morgan fingerprint density at radius 1 is 0.297 bits per heavy atom. The second-order valence-corrected chi connectivity index (χ2v) is 19.0. The van der Waals surface area contributed by atoms with Gasteiger partial charge in [-0.25, -0.2) is 0 Å². The number of para-hydroxylation sites is 6. The number of benzene rings is 10. The second-order valence-electron chi connectivity index (χ2n) is 18.1. The van der Waals surface area contributed by atoms with Gasteiger partial charge < -0.3 is 9.55 Å². The summed E-state index contributed by atoms with van der Waals surface area (Å²) in [7, 11) is 0. The lowest BCUT2D eigenvalue weighted by molar-refractivity contribution is 1.11. The number of aromatic nitrogens is 8. The number of rotatable bonds is 3. The van der Waals surface area contributed by atoms with Gasteiger partial charge in [-0.1, -0.05) is 193 Å². The normalized spacial score (nSPS) is 11.5. The summed E-state index contributed by atoms with van der Waals surface area (Å²) < 4.78 is 7.73. The topological polar surface area (TPSA) is 81.1 Å². The highest BCUT2D eigenvalue weighted by molar-refractivity contribution is 9.10. The number of H-pyrrole nitrogens is 1. The Bertz CT molecular complexity index is 4650. The van der Waals surface area contributed by atoms with Crippen molar-refractivity contribution in [3.63, 3.8) is 0 Å². The fourth-order valence-electron chi connectivity index (χ4n) is 10.7. The third-order valence-corrected chi connectivity index (χ3v) is 14.5. The van der Waals surface area contributed by atoms with Crippen LogP contribution in [-0.2, 0) is 0 Å². The van der Waals surface area contributed by atoms with Crippen LogP contribution in [0.4, 0.5) is 0 Å². The Morgan fingerprint density at radius 2 is 0.622 bits per heavy atom. The van der Waals surface area contributed by atoms with E-state index in [1.807, 2.05) is 18.2 Å². The number of nitrogens with one attached hydrogen (secondary N) is 1. The molecule has 0 aliphatic rings. The molecule has 16 rings (SSSR count). The lowest BCUT2D eigenvalue weighted by atomic mass is 10.1. The molecule has 10 aromatic carbocycles. The molecule has 0 unspecified atom stereocenters. The Hall–Kier alpha value is -9.44. The summed E-state index contributed by atoms with van der Waals surface area (Å²) in [6.45, 7) is 0. The molecule has 6 heterocycles. The van der Waals surface area contributed by atoms with Crippen LogP contribution in [0.1, 0.15) is 7.43 Å². The molecule has 0 spiro atoms. The summed E-state index contributed by atoms with van der Waals surface area (Å²) in [6, 6.07) is 84.5. The fourth-order valence-corrected chi connectivity index (χ4v) is 11.0. The molecule has 352 valence electrons. The molecule has 1 N–H and O–H groups in total. The zero-order valence-electron chi connectivity index (χ0n) is 39.1. The molecule has 16 aromatic rings. The van der Waals surface area contributed by atoms with Crippen LogP contribution in [0.15, 0.2) is 247 Å². The molecule has 0 atom stereocenters. The monoisotopic (exact) mass is 1020 g/mol. The van der Waals surface area contributed by atoms with Gasteiger partial charge in [-0.2, -0.15) is 0 Å². The van der Waals surface area contributed by atoms with Crippen molar-refractivity contribution in [3.8, 4) is 28.5 Å². The number of hydrogen-bond donors (Lipinski definition) is 1. The van der Waals surface area contributed by atoms with Crippen LogP contribution in [-0.4, -0.2) is 38.7 Å². The van der Waals surface area contributed by atoms with Crippen molar-refractivity contribution in [2.75, 3.05) is 0 Å². The average molecular weight is 1020 g/mol. The van der Waals surface area contributed by atoms with Crippen LogP contribution in [0, 0.1) is 0 Å². The first-order valence-corrected chi connectivity index (χ1v) is 25.1. The Labute approximate surface area is 433 Å². The predicted octanol–water partition coefficient (Wildman–Crippen LogP) is 17.2. The first-order valence-electron chi connectivity index (χ1n) is 24.3. The third-order valence-electron chi connectivity index (χ3n) is 14.0. The van der Waals surface area contributed by atoms with Crippen molar-refractivity contribution in [2.24, 2.45) is 0 Å². The summed E-state index contributed by atoms with van der Waals surface area (Å²) in [6.07, 6.45) is 0. The highest BCUT2D eigenvalue weighted by Gasteiger charge is 2.18. The van der Waals surface area contributed by atoms with Crippen molar-refractivity contribution in [1.82, 2.24) is 38.7 Å². The van der Waals surface area contributed by atoms with Crippen molar-refractivity contribution in [1.29, 1.82) is 0 Å². The van der Waals surface area contributed by atoms with Gasteiger partial charge in [-0.15, -0.1) is 20.4 Å². The van der Waals surface area contributed by atoms with Crippen LogP contribution in [0.5, 0.6) is 0 Å². The summed E-state index contributed by atoms with van der Waals surface area (Å²) in [5.41, 5.74) is 12.0. The molecule has 0 saturated heterocycles. The van der Waals surface area contributed by atoms with E-state index in [0.29, 0.717) is 0 Å². The number of nitrogens with zero attached hydrogens (tertiary/aromatic N) is 7. The zero-order valence-corrected chi connectivity index (χ0v) is 40.7. The van der Waals surface area contributed by atoms with Crippen LogP contribution < -0.4 is 0 Å². The summed E-state index contributed by atoms with van der Waals surface area (Å²) in [4.78, 5) is 3.38. The van der Waals surface area contributed by atoms with E-state index < -0.39 is 0 Å². The van der Waals surface area contributed by atoms with Crippen LogP contribution >= 0.6 is 15.9 Å². The maximum Gasteiger partial charge on any atom is 0.169 e. The van der Waals surface area contributed by atoms with Crippen molar-refractivity contribution in [3.05, 3.63) is 247 Å². The quantitative estimate of drug-likeness (QED) is 0.179. The minimum Gasteiger partial charge on any atom is -0.355 e. The third kappa shape index (κ3) is 7.27. The largest absolute Gasteiger partial charge is 0.355 e. The molecule has 8 nitrogen and oxygen atoms in total. The van der Waals surface area contributed by atoms with E-state index in [4.69, 9.17) is 0 Å². The minimum absolute atomic E-state index is 0. The number of fused-ring (bicyclic) bond motifs is 18. The molecule has 0 saturated carbocycles. The number of pyridine rings is 2. The first-order chi connectivity index (χ1) is 36.2. The van der Waals surface area contributed by atoms with E-state index in [2.05, 4.69) is 279 Å². The Kier molecular flexibility index (Phi) is 11.0. The van der Waals surface area contributed by atoms with Gasteiger partial charge in [-0.05, 0) is 83.6 Å². The standard InChI is InChI=1S/C32H20N4.C20H12BrN3.C12H9N.CH4/c1-2-13-27-23(9-1)24-10-3-8-16-30(24)36-31(33-34-32(27)36)21-17-19-22(20-18-21)35-28-14-6-4-11-25(28)26-12-5-7-15-29(26)35;21-14-11-9-13(10-12-14)19-22-23-20-17-7-2-1-5-15(17)16-6-3-4-8-18(16)24(19)20;1-3-7-11-9(5-1)10-6-2-4-8-12(10)13-11;/h1-20H;1-12H;1-8,13H;1H4. The molecule has 0 bridgehead atoms. The lowest BCUT2D eigenvalue weighted by Gasteiger charge is -2.11. The molecular weight excluding hydrogens is 973 g/mol. The van der Waals surface area contributed by atoms with E-state index in [1.165, 1.54) is 65.2 Å². The van der Waals surface area contributed by atoms with Gasteiger partial charge in [0, 0.05) is 75.4 Å². The van der Waals surface area contributed by atoms with E-state index in [0.717, 1.165) is 66.0 Å². The Morgan fingerprint density at radius 3 is 1.05 bits per heavy atom. The van der Waals surface area contributed by atoms with Crippen molar-refractivity contribution in [2.45, 2.75) is 7.43 Å². The first kappa shape index (κ1) is 44.5. The predicted molar refractivity (Wildman–Crippen MR) is 311 cm³/mol. The van der Waals surface area contributed by atoms with E-state index in [-0.39, 0.29) is 7.43 Å². The molecule has 9 heteroatoms. The van der Waals surface area contributed by atoms with Gasteiger partial charge in [0.15, 0.2) is 22.9 Å². The summed E-state index contributed by atoms with van der Waals surface area (Å²) >= 11 is 3.49. The van der Waals surface area contributed by atoms with E-state index >= 15 is 0 Å². The van der Waals surface area contributed by atoms with Gasteiger partial charge in [0.2, 0.25) is 0 Å². The molecule has 6 aromatic heterocycles.